The van der Waals surface area contributed by atoms with Crippen LogP contribution in [0.2, 0.25) is 0 Å². The van der Waals surface area contributed by atoms with Gasteiger partial charge in [0.2, 0.25) is 0 Å². The van der Waals surface area contributed by atoms with Gasteiger partial charge in [-0.3, -0.25) is 0 Å². The molecule has 2 N–H and O–H groups in total. The van der Waals surface area contributed by atoms with Gasteiger partial charge in [0.15, 0.2) is 0 Å². The highest BCUT2D eigenvalue weighted by Crippen LogP contribution is 2.40. The topological polar surface area (TPSA) is 56.7 Å². The van der Waals surface area contributed by atoms with Crippen molar-refractivity contribution in [1.82, 2.24) is 14.8 Å². The monoisotopic (exact) mass is 234 g/mol. The summed E-state index contributed by atoms with van der Waals surface area (Å²) >= 11 is 0. The van der Waals surface area contributed by atoms with Gasteiger partial charge in [-0.2, -0.15) is 0 Å². The first kappa shape index (κ1) is 11.2. The Bertz CT molecular complexity index is 375. The van der Waals surface area contributed by atoms with Crippen LogP contribution in [0.1, 0.15) is 56.8 Å². The van der Waals surface area contributed by atoms with E-state index in [0.29, 0.717) is 11.5 Å². The first-order chi connectivity index (χ1) is 8.33. The summed E-state index contributed by atoms with van der Waals surface area (Å²) in [5.41, 5.74) is 6.34. The SMILES string of the molecule is NCC1(Cc2nncn2C2CC2)CCCCC1. The fourth-order valence-electron chi connectivity index (χ4n) is 3.14. The number of hydrogen-bond donors (Lipinski definition) is 1. The van der Waals surface area contributed by atoms with Crippen molar-refractivity contribution in [3.8, 4) is 0 Å². The van der Waals surface area contributed by atoms with Gasteiger partial charge < -0.3 is 10.3 Å². The molecule has 0 aliphatic heterocycles. The Balaban J connectivity index is 1.77. The minimum absolute atomic E-state index is 0.303. The molecule has 0 atom stereocenters. The van der Waals surface area contributed by atoms with E-state index in [4.69, 9.17) is 5.73 Å². The summed E-state index contributed by atoms with van der Waals surface area (Å²) in [6.07, 6.45) is 12.1. The van der Waals surface area contributed by atoms with Gasteiger partial charge in [0.05, 0.1) is 0 Å². The maximum absolute atomic E-state index is 6.04. The normalized spacial score (nSPS) is 23.8. The molecular weight excluding hydrogens is 212 g/mol. The lowest BCUT2D eigenvalue weighted by molar-refractivity contribution is 0.191. The van der Waals surface area contributed by atoms with Crippen LogP contribution >= 0.6 is 0 Å². The van der Waals surface area contributed by atoms with E-state index in [1.54, 1.807) is 0 Å². The van der Waals surface area contributed by atoms with E-state index in [0.717, 1.165) is 13.0 Å². The maximum atomic E-state index is 6.04. The van der Waals surface area contributed by atoms with Crippen molar-refractivity contribution in [2.75, 3.05) is 6.54 Å². The van der Waals surface area contributed by atoms with Gasteiger partial charge in [-0.15, -0.1) is 10.2 Å². The quantitative estimate of drug-likeness (QED) is 0.867. The summed E-state index contributed by atoms with van der Waals surface area (Å²) in [5.74, 6) is 1.17. The molecule has 0 aromatic carbocycles. The molecule has 0 saturated heterocycles. The number of hydrogen-bond acceptors (Lipinski definition) is 3. The molecule has 0 bridgehead atoms. The van der Waals surface area contributed by atoms with Crippen LogP contribution in [0.3, 0.4) is 0 Å². The molecule has 2 aliphatic rings. The lowest BCUT2D eigenvalue weighted by atomic mass is 9.71. The van der Waals surface area contributed by atoms with Gasteiger partial charge in [0, 0.05) is 12.5 Å². The van der Waals surface area contributed by atoms with Crippen molar-refractivity contribution in [2.45, 2.75) is 57.4 Å². The summed E-state index contributed by atoms with van der Waals surface area (Å²) < 4.78 is 2.28. The van der Waals surface area contributed by atoms with Crippen molar-refractivity contribution in [3.05, 3.63) is 12.2 Å². The largest absolute Gasteiger partial charge is 0.330 e. The average Bonchev–Trinajstić information content (AvgIpc) is 3.12. The molecule has 1 heterocycles. The smallest absolute Gasteiger partial charge is 0.133 e. The van der Waals surface area contributed by atoms with Crippen LogP contribution in [0.25, 0.3) is 0 Å². The third-order valence-corrected chi connectivity index (χ3v) is 4.47. The van der Waals surface area contributed by atoms with Gasteiger partial charge in [-0.05, 0) is 37.6 Å². The predicted octanol–water partition coefficient (Wildman–Crippen LogP) is 2.06. The predicted molar refractivity (Wildman–Crippen MR) is 66.6 cm³/mol. The number of nitrogens with two attached hydrogens (primary N) is 1. The molecule has 4 nitrogen and oxygen atoms in total. The minimum Gasteiger partial charge on any atom is -0.330 e. The second kappa shape index (κ2) is 4.41. The zero-order chi connectivity index (χ0) is 11.7. The Morgan fingerprint density at radius 1 is 1.29 bits per heavy atom. The summed E-state index contributed by atoms with van der Waals surface area (Å²) in [7, 11) is 0. The first-order valence-electron chi connectivity index (χ1n) is 6.91. The summed E-state index contributed by atoms with van der Waals surface area (Å²) in [5, 5.41) is 8.41. The molecule has 0 amide bonds. The van der Waals surface area contributed by atoms with Crippen molar-refractivity contribution in [2.24, 2.45) is 11.1 Å². The molecule has 1 aromatic heterocycles. The lowest BCUT2D eigenvalue weighted by Gasteiger charge is -2.35. The van der Waals surface area contributed by atoms with Gasteiger partial charge in [-0.1, -0.05) is 19.3 Å². The molecule has 0 unspecified atom stereocenters. The molecule has 17 heavy (non-hydrogen) atoms. The van der Waals surface area contributed by atoms with Crippen LogP contribution in [0.15, 0.2) is 6.33 Å². The second-order valence-electron chi connectivity index (χ2n) is 5.83. The third kappa shape index (κ3) is 2.23. The minimum atomic E-state index is 0.303. The Hall–Kier alpha value is -0.900. The number of nitrogens with zero attached hydrogens (tertiary/aromatic N) is 3. The Morgan fingerprint density at radius 2 is 2.06 bits per heavy atom. The zero-order valence-electron chi connectivity index (χ0n) is 10.4. The zero-order valence-corrected chi connectivity index (χ0v) is 10.4. The Morgan fingerprint density at radius 3 is 2.71 bits per heavy atom. The third-order valence-electron chi connectivity index (χ3n) is 4.47. The van der Waals surface area contributed by atoms with Crippen LogP contribution < -0.4 is 5.73 Å². The molecular formula is C13H22N4. The van der Waals surface area contributed by atoms with E-state index in [-0.39, 0.29) is 0 Å². The van der Waals surface area contributed by atoms with Crippen molar-refractivity contribution < 1.29 is 0 Å². The lowest BCUT2D eigenvalue weighted by Crippen LogP contribution is -2.35. The summed E-state index contributed by atoms with van der Waals surface area (Å²) in [6.45, 7) is 0.796. The van der Waals surface area contributed by atoms with Crippen LogP contribution in [-0.2, 0) is 6.42 Å². The molecule has 4 heteroatoms. The molecule has 94 valence electrons. The molecule has 2 fully saturated rings. The van der Waals surface area contributed by atoms with Crippen molar-refractivity contribution in [1.29, 1.82) is 0 Å². The van der Waals surface area contributed by atoms with E-state index < -0.39 is 0 Å². The second-order valence-corrected chi connectivity index (χ2v) is 5.83. The maximum Gasteiger partial charge on any atom is 0.133 e. The highest BCUT2D eigenvalue weighted by atomic mass is 15.3. The highest BCUT2D eigenvalue weighted by Gasteiger charge is 2.34. The van der Waals surface area contributed by atoms with Crippen LogP contribution in [0.4, 0.5) is 0 Å². The summed E-state index contributed by atoms with van der Waals surface area (Å²) in [4.78, 5) is 0. The molecule has 0 radical (unpaired) electrons. The standard InChI is InChI=1S/C13H22N4/c14-9-13(6-2-1-3-7-13)8-12-16-15-10-17(12)11-4-5-11/h10-11H,1-9,14H2. The van der Waals surface area contributed by atoms with Crippen molar-refractivity contribution >= 4 is 0 Å². The van der Waals surface area contributed by atoms with Gasteiger partial charge in [0.1, 0.15) is 12.2 Å². The van der Waals surface area contributed by atoms with Crippen LogP contribution in [-0.4, -0.2) is 21.3 Å². The van der Waals surface area contributed by atoms with Crippen LogP contribution in [0.5, 0.6) is 0 Å². The fourth-order valence-corrected chi connectivity index (χ4v) is 3.14. The molecule has 0 spiro atoms. The number of rotatable bonds is 4. The Kier molecular flexibility index (Phi) is 2.90. The van der Waals surface area contributed by atoms with Gasteiger partial charge in [0.25, 0.3) is 0 Å². The van der Waals surface area contributed by atoms with E-state index in [9.17, 15) is 0 Å². The Labute approximate surface area is 103 Å². The van der Waals surface area contributed by atoms with Gasteiger partial charge >= 0.3 is 0 Å². The van der Waals surface area contributed by atoms with E-state index in [1.165, 1.54) is 50.8 Å². The summed E-state index contributed by atoms with van der Waals surface area (Å²) in [6, 6.07) is 0.679. The van der Waals surface area contributed by atoms with E-state index in [2.05, 4.69) is 14.8 Å². The molecule has 1 aromatic rings. The number of aromatic nitrogens is 3. The van der Waals surface area contributed by atoms with E-state index >= 15 is 0 Å². The first-order valence-corrected chi connectivity index (χ1v) is 6.91. The molecule has 3 rings (SSSR count). The highest BCUT2D eigenvalue weighted by molar-refractivity contribution is 5.00. The fraction of sp³-hybridized carbons (Fsp3) is 0.846. The molecule has 2 aliphatic carbocycles. The van der Waals surface area contributed by atoms with Gasteiger partial charge in [-0.25, -0.2) is 0 Å². The van der Waals surface area contributed by atoms with Crippen molar-refractivity contribution in [3.63, 3.8) is 0 Å². The van der Waals surface area contributed by atoms with Crippen LogP contribution in [0, 0.1) is 5.41 Å². The van der Waals surface area contributed by atoms with E-state index in [1.807, 2.05) is 6.33 Å². The average molecular weight is 234 g/mol. The molecule has 2 saturated carbocycles.